The Morgan fingerprint density at radius 1 is 1.45 bits per heavy atom. The average molecular weight is 331 g/mol. The molecule has 0 unspecified atom stereocenters. The molecule has 5 nitrogen and oxygen atoms in total. The minimum Gasteiger partial charge on any atom is -0.505 e. The van der Waals surface area contributed by atoms with E-state index in [1.165, 1.54) is 0 Å². The number of rotatable bonds is 4. The van der Waals surface area contributed by atoms with E-state index in [1.54, 1.807) is 23.0 Å². The molecule has 106 valence electrons. The topological polar surface area (TPSA) is 66.2 Å². The van der Waals surface area contributed by atoms with Gasteiger partial charge >= 0.3 is 0 Å². The second-order valence-corrected chi connectivity index (χ2v) is 5.29. The molecular weight excluding hydrogens is 319 g/mol. The maximum atomic E-state index is 9.50. The van der Waals surface area contributed by atoms with Crippen LogP contribution in [-0.4, -0.2) is 26.2 Å². The minimum absolute atomic E-state index is 0.142. The number of nitrogens with zero attached hydrogens (tertiary/aromatic N) is 3. The summed E-state index contributed by atoms with van der Waals surface area (Å²) < 4.78 is 1.97. The molecule has 1 heterocycles. The van der Waals surface area contributed by atoms with Crippen LogP contribution in [0.15, 0.2) is 17.2 Å². The number of hydrogen-bond acceptors (Lipinski definition) is 4. The first-order chi connectivity index (χ1) is 9.52. The van der Waals surface area contributed by atoms with Crippen molar-refractivity contribution in [2.24, 2.45) is 5.10 Å². The third kappa shape index (κ3) is 3.20. The molecule has 0 fully saturated rings. The first-order valence-electron chi connectivity index (χ1n) is 5.91. The van der Waals surface area contributed by atoms with E-state index in [1.807, 2.05) is 6.92 Å². The van der Waals surface area contributed by atoms with E-state index in [0.29, 0.717) is 10.3 Å². The SMILES string of the molecule is CCCc1n[nH]c(=S)n1/N=C\c1cc(Cl)c(O)c(Cl)c1. The van der Waals surface area contributed by atoms with Crippen LogP contribution in [0.5, 0.6) is 5.75 Å². The number of phenolic OH excluding ortho intramolecular Hbond substituents is 1. The standard InChI is InChI=1S/C12H12Cl2N4OS/c1-2-3-10-16-17-12(20)18(10)15-6-7-4-8(13)11(19)9(14)5-7/h4-6,19H,2-3H2,1H3,(H,17,20)/b15-6-. The molecule has 0 spiro atoms. The molecule has 1 aromatic carbocycles. The lowest BCUT2D eigenvalue weighted by Gasteiger charge is -2.02. The Morgan fingerprint density at radius 3 is 2.70 bits per heavy atom. The first kappa shape index (κ1) is 15.0. The fraction of sp³-hybridized carbons (Fsp3) is 0.250. The summed E-state index contributed by atoms with van der Waals surface area (Å²) in [4.78, 5) is 0. The quantitative estimate of drug-likeness (QED) is 0.662. The van der Waals surface area contributed by atoms with Crippen molar-refractivity contribution >= 4 is 41.6 Å². The summed E-state index contributed by atoms with van der Waals surface area (Å²) in [6, 6.07) is 3.13. The summed E-state index contributed by atoms with van der Waals surface area (Å²) in [7, 11) is 0. The van der Waals surface area contributed by atoms with E-state index >= 15 is 0 Å². The molecular formula is C12H12Cl2N4OS. The summed E-state index contributed by atoms with van der Waals surface area (Å²) in [6.07, 6.45) is 3.26. The van der Waals surface area contributed by atoms with Crippen molar-refractivity contribution < 1.29 is 5.11 Å². The van der Waals surface area contributed by atoms with Crippen LogP contribution >= 0.6 is 35.4 Å². The van der Waals surface area contributed by atoms with Crippen LogP contribution in [0.1, 0.15) is 24.7 Å². The summed E-state index contributed by atoms with van der Waals surface area (Å²) in [5.74, 6) is 0.613. The van der Waals surface area contributed by atoms with Crippen molar-refractivity contribution in [3.8, 4) is 5.75 Å². The second-order valence-electron chi connectivity index (χ2n) is 4.08. The molecule has 1 aromatic heterocycles. The van der Waals surface area contributed by atoms with Gasteiger partial charge in [-0.15, -0.1) is 0 Å². The smallest absolute Gasteiger partial charge is 0.216 e. The predicted octanol–water partition coefficient (Wildman–Crippen LogP) is 3.79. The zero-order chi connectivity index (χ0) is 14.7. The Morgan fingerprint density at radius 2 is 2.10 bits per heavy atom. The molecule has 8 heteroatoms. The Hall–Kier alpha value is -1.37. The average Bonchev–Trinajstić information content (AvgIpc) is 2.75. The Bertz CT molecular complexity index is 685. The van der Waals surface area contributed by atoms with Crippen LogP contribution < -0.4 is 0 Å². The monoisotopic (exact) mass is 330 g/mol. The highest BCUT2D eigenvalue weighted by Gasteiger charge is 2.06. The maximum absolute atomic E-state index is 9.50. The van der Waals surface area contributed by atoms with Gasteiger partial charge < -0.3 is 5.11 Å². The molecule has 0 saturated carbocycles. The van der Waals surface area contributed by atoms with E-state index in [0.717, 1.165) is 18.7 Å². The van der Waals surface area contributed by atoms with Crippen molar-refractivity contribution in [3.63, 3.8) is 0 Å². The van der Waals surface area contributed by atoms with Crippen LogP contribution in [0.2, 0.25) is 10.0 Å². The van der Waals surface area contributed by atoms with E-state index in [-0.39, 0.29) is 15.8 Å². The number of aromatic amines is 1. The highest BCUT2D eigenvalue weighted by Crippen LogP contribution is 2.32. The van der Waals surface area contributed by atoms with Gasteiger partial charge in [-0.25, -0.2) is 0 Å². The highest BCUT2D eigenvalue weighted by molar-refractivity contribution is 7.71. The number of benzene rings is 1. The van der Waals surface area contributed by atoms with Gasteiger partial charge in [-0.2, -0.15) is 14.9 Å². The molecule has 0 radical (unpaired) electrons. The number of aromatic hydroxyl groups is 1. The number of aryl methyl sites for hydroxylation is 1. The van der Waals surface area contributed by atoms with Gasteiger partial charge in [0.15, 0.2) is 11.6 Å². The Labute approximate surface area is 130 Å². The van der Waals surface area contributed by atoms with Crippen molar-refractivity contribution in [3.05, 3.63) is 38.3 Å². The molecule has 2 N–H and O–H groups in total. The van der Waals surface area contributed by atoms with Crippen LogP contribution in [-0.2, 0) is 6.42 Å². The molecule has 0 aliphatic rings. The lowest BCUT2D eigenvalue weighted by molar-refractivity contribution is 0.476. The number of nitrogens with one attached hydrogen (secondary N) is 1. The van der Waals surface area contributed by atoms with Gasteiger partial charge in [0.25, 0.3) is 0 Å². The number of aromatic nitrogens is 3. The lowest BCUT2D eigenvalue weighted by atomic mass is 10.2. The van der Waals surface area contributed by atoms with Gasteiger partial charge in [-0.1, -0.05) is 30.1 Å². The Kier molecular flexibility index (Phi) is 4.80. The highest BCUT2D eigenvalue weighted by atomic mass is 35.5. The van der Waals surface area contributed by atoms with Crippen molar-refractivity contribution in [1.29, 1.82) is 0 Å². The van der Waals surface area contributed by atoms with E-state index < -0.39 is 0 Å². The van der Waals surface area contributed by atoms with E-state index in [4.69, 9.17) is 35.4 Å². The largest absolute Gasteiger partial charge is 0.505 e. The summed E-state index contributed by atoms with van der Waals surface area (Å²) in [5, 5.41) is 20.9. The fourth-order valence-corrected chi connectivity index (χ4v) is 2.31. The van der Waals surface area contributed by atoms with Gasteiger partial charge in [0, 0.05) is 6.42 Å². The molecule has 2 rings (SSSR count). The van der Waals surface area contributed by atoms with E-state index in [2.05, 4.69) is 15.3 Å². The lowest BCUT2D eigenvalue weighted by Crippen LogP contribution is -1.98. The van der Waals surface area contributed by atoms with Gasteiger partial charge in [0.2, 0.25) is 4.77 Å². The molecule has 0 atom stereocenters. The minimum atomic E-state index is -0.142. The third-order valence-electron chi connectivity index (χ3n) is 2.55. The molecule has 0 aliphatic carbocycles. The summed E-state index contributed by atoms with van der Waals surface area (Å²) in [6.45, 7) is 2.05. The number of hydrogen-bond donors (Lipinski definition) is 2. The molecule has 0 saturated heterocycles. The summed E-state index contributed by atoms with van der Waals surface area (Å²) in [5.41, 5.74) is 0.656. The van der Waals surface area contributed by atoms with Crippen LogP contribution in [0.25, 0.3) is 0 Å². The van der Waals surface area contributed by atoms with Crippen LogP contribution in [0.4, 0.5) is 0 Å². The maximum Gasteiger partial charge on any atom is 0.216 e. The molecule has 2 aromatic rings. The van der Waals surface area contributed by atoms with Gasteiger partial charge in [0.05, 0.1) is 16.3 Å². The first-order valence-corrected chi connectivity index (χ1v) is 7.08. The number of halogens is 2. The molecule has 0 bridgehead atoms. The van der Waals surface area contributed by atoms with Gasteiger partial charge in [-0.3, -0.25) is 5.10 Å². The van der Waals surface area contributed by atoms with Crippen molar-refractivity contribution in [2.45, 2.75) is 19.8 Å². The zero-order valence-electron chi connectivity index (χ0n) is 10.6. The normalized spacial score (nSPS) is 11.3. The van der Waals surface area contributed by atoms with Crippen LogP contribution in [0.3, 0.4) is 0 Å². The van der Waals surface area contributed by atoms with E-state index in [9.17, 15) is 5.11 Å². The molecule has 0 aliphatic heterocycles. The number of phenols is 1. The Balaban J connectivity index is 2.34. The second kappa shape index (κ2) is 6.39. The molecule has 0 amide bonds. The zero-order valence-corrected chi connectivity index (χ0v) is 12.9. The van der Waals surface area contributed by atoms with Gasteiger partial charge in [0.1, 0.15) is 0 Å². The van der Waals surface area contributed by atoms with Gasteiger partial charge in [-0.05, 0) is 36.3 Å². The summed E-state index contributed by atoms with van der Waals surface area (Å²) >= 11 is 16.8. The van der Waals surface area contributed by atoms with Crippen molar-refractivity contribution in [1.82, 2.24) is 14.9 Å². The number of H-pyrrole nitrogens is 1. The van der Waals surface area contributed by atoms with Crippen molar-refractivity contribution in [2.75, 3.05) is 0 Å². The third-order valence-corrected chi connectivity index (χ3v) is 3.39. The van der Waals surface area contributed by atoms with Crippen LogP contribution in [0, 0.1) is 4.77 Å². The predicted molar refractivity (Wildman–Crippen MR) is 82.5 cm³/mol. The molecule has 20 heavy (non-hydrogen) atoms. The fourth-order valence-electron chi connectivity index (χ4n) is 1.61.